The highest BCUT2D eigenvalue weighted by atomic mass is 19.1. The van der Waals surface area contributed by atoms with Crippen LogP contribution in [0.5, 0.6) is 0 Å². The summed E-state index contributed by atoms with van der Waals surface area (Å²) in [5.41, 5.74) is 0.672. The Kier molecular flexibility index (Phi) is 9.76. The molecule has 7 heteroatoms. The Bertz CT molecular complexity index is 637. The first-order valence-electron chi connectivity index (χ1n) is 10.3. The first-order chi connectivity index (χ1) is 13.6. The monoisotopic (exact) mass is 391 g/mol. The summed E-state index contributed by atoms with van der Waals surface area (Å²) in [7, 11) is 1.74. The van der Waals surface area contributed by atoms with E-state index in [0.29, 0.717) is 24.7 Å². The molecule has 1 unspecified atom stereocenters. The topological polar surface area (TPSA) is 68.8 Å². The predicted molar refractivity (Wildman–Crippen MR) is 112 cm³/mol. The summed E-state index contributed by atoms with van der Waals surface area (Å²) in [5.74, 6) is 0.300. The number of amides is 1. The van der Waals surface area contributed by atoms with Crippen molar-refractivity contribution in [2.75, 3.05) is 39.8 Å². The molecule has 6 nitrogen and oxygen atoms in total. The number of piperidine rings is 1. The quantitative estimate of drug-likeness (QED) is 0.342. The Balaban J connectivity index is 1.54. The van der Waals surface area contributed by atoms with Crippen LogP contribution in [-0.4, -0.2) is 62.6 Å². The van der Waals surface area contributed by atoms with E-state index in [1.165, 1.54) is 37.9 Å². The van der Waals surface area contributed by atoms with Gasteiger partial charge in [0.05, 0.1) is 6.42 Å². The third kappa shape index (κ3) is 8.25. The smallest absolute Gasteiger partial charge is 0.224 e. The second kappa shape index (κ2) is 12.3. The molecule has 0 aliphatic carbocycles. The second-order valence-corrected chi connectivity index (χ2v) is 7.32. The lowest BCUT2D eigenvalue weighted by atomic mass is 10.0. The Morgan fingerprint density at radius 1 is 1.21 bits per heavy atom. The lowest BCUT2D eigenvalue weighted by Crippen LogP contribution is -2.43. The molecule has 28 heavy (non-hydrogen) atoms. The van der Waals surface area contributed by atoms with E-state index in [0.717, 1.165) is 25.5 Å². The van der Waals surface area contributed by atoms with Crippen LogP contribution in [0.4, 0.5) is 4.39 Å². The average Bonchev–Trinajstić information content (AvgIpc) is 2.68. The summed E-state index contributed by atoms with van der Waals surface area (Å²) in [6.07, 6.45) is 5.23. The van der Waals surface area contributed by atoms with Gasteiger partial charge >= 0.3 is 0 Å². The Labute approximate surface area is 168 Å². The summed E-state index contributed by atoms with van der Waals surface area (Å²) in [5, 5.41) is 9.34. The molecule has 1 amide bonds. The minimum Gasteiger partial charge on any atom is -0.356 e. The van der Waals surface area contributed by atoms with E-state index in [2.05, 4.69) is 32.8 Å². The maximum Gasteiger partial charge on any atom is 0.224 e. The van der Waals surface area contributed by atoms with Crippen molar-refractivity contribution in [1.29, 1.82) is 0 Å². The maximum absolute atomic E-state index is 13.1. The zero-order valence-corrected chi connectivity index (χ0v) is 17.1. The van der Waals surface area contributed by atoms with Crippen molar-refractivity contribution in [2.24, 2.45) is 4.99 Å². The van der Waals surface area contributed by atoms with Gasteiger partial charge in [-0.1, -0.05) is 18.6 Å². The number of hydrogen-bond donors (Lipinski definition) is 3. The molecule has 156 valence electrons. The van der Waals surface area contributed by atoms with Crippen molar-refractivity contribution >= 4 is 11.9 Å². The minimum atomic E-state index is -0.323. The number of aliphatic imine (C=N–C) groups is 1. The van der Waals surface area contributed by atoms with Crippen LogP contribution in [-0.2, 0) is 11.2 Å². The highest BCUT2D eigenvalue weighted by molar-refractivity contribution is 5.80. The largest absolute Gasteiger partial charge is 0.356 e. The lowest BCUT2D eigenvalue weighted by molar-refractivity contribution is -0.120. The number of rotatable bonds is 9. The number of carbonyl (C=O) groups is 1. The number of halogens is 1. The first-order valence-corrected chi connectivity index (χ1v) is 10.3. The van der Waals surface area contributed by atoms with E-state index in [1.807, 2.05) is 0 Å². The number of carbonyl (C=O) groups excluding carboxylic acids is 1. The molecule has 1 heterocycles. The third-order valence-corrected chi connectivity index (χ3v) is 5.07. The van der Waals surface area contributed by atoms with Crippen molar-refractivity contribution < 1.29 is 9.18 Å². The third-order valence-electron chi connectivity index (χ3n) is 5.07. The van der Waals surface area contributed by atoms with E-state index in [-0.39, 0.29) is 18.1 Å². The van der Waals surface area contributed by atoms with E-state index < -0.39 is 0 Å². The van der Waals surface area contributed by atoms with Gasteiger partial charge in [0.15, 0.2) is 5.96 Å². The number of likely N-dealkylation sites (tertiary alicyclic amines) is 1. The van der Waals surface area contributed by atoms with Crippen LogP contribution in [0.15, 0.2) is 29.3 Å². The van der Waals surface area contributed by atoms with E-state index >= 15 is 0 Å². The van der Waals surface area contributed by atoms with Crippen molar-refractivity contribution in [3.05, 3.63) is 35.6 Å². The van der Waals surface area contributed by atoms with Gasteiger partial charge in [-0.15, -0.1) is 0 Å². The van der Waals surface area contributed by atoms with Crippen LogP contribution in [0.1, 0.15) is 38.2 Å². The number of nitrogens with zero attached hydrogens (tertiary/aromatic N) is 2. The van der Waals surface area contributed by atoms with E-state index in [1.54, 1.807) is 19.2 Å². The highest BCUT2D eigenvalue weighted by Crippen LogP contribution is 2.15. The standard InChI is InChI=1S/C21H34FN5O/c1-17-7-3-4-13-27(17)14-6-10-25-21(23-2)26-12-11-24-20(28)16-18-8-5-9-19(22)15-18/h5,8-9,15,17H,3-4,6-7,10-14,16H2,1-2H3,(H,24,28)(H2,23,25,26). The molecule has 2 rings (SSSR count). The molecule has 1 aliphatic heterocycles. The van der Waals surface area contributed by atoms with E-state index in [9.17, 15) is 9.18 Å². The molecular weight excluding hydrogens is 357 g/mol. The number of guanidine groups is 1. The van der Waals surface area contributed by atoms with Gasteiger partial charge in [-0.2, -0.15) is 0 Å². The predicted octanol–water partition coefficient (Wildman–Crippen LogP) is 1.91. The fourth-order valence-electron chi connectivity index (χ4n) is 3.48. The number of hydrogen-bond acceptors (Lipinski definition) is 3. The highest BCUT2D eigenvalue weighted by Gasteiger charge is 2.17. The average molecular weight is 392 g/mol. The van der Waals surface area contributed by atoms with E-state index in [4.69, 9.17) is 0 Å². The molecule has 1 atom stereocenters. The van der Waals surface area contributed by atoms with Gasteiger partial charge in [0, 0.05) is 39.3 Å². The van der Waals surface area contributed by atoms with Gasteiger partial charge in [-0.25, -0.2) is 4.39 Å². The van der Waals surface area contributed by atoms with Crippen molar-refractivity contribution in [1.82, 2.24) is 20.9 Å². The minimum absolute atomic E-state index is 0.119. The second-order valence-electron chi connectivity index (χ2n) is 7.32. The van der Waals surface area contributed by atoms with Crippen LogP contribution >= 0.6 is 0 Å². The van der Waals surface area contributed by atoms with Crippen LogP contribution in [0, 0.1) is 5.82 Å². The molecule has 0 radical (unpaired) electrons. The van der Waals surface area contributed by atoms with Crippen LogP contribution in [0.2, 0.25) is 0 Å². The summed E-state index contributed by atoms with van der Waals surface area (Å²) in [6.45, 7) is 6.58. The van der Waals surface area contributed by atoms with Crippen LogP contribution in [0.25, 0.3) is 0 Å². The summed E-state index contributed by atoms with van der Waals surface area (Å²) in [6, 6.07) is 6.81. The van der Waals surface area contributed by atoms with Crippen LogP contribution in [0.3, 0.4) is 0 Å². The van der Waals surface area contributed by atoms with Crippen molar-refractivity contribution in [2.45, 2.75) is 45.1 Å². The number of nitrogens with one attached hydrogen (secondary N) is 3. The fourth-order valence-corrected chi connectivity index (χ4v) is 3.48. The Morgan fingerprint density at radius 2 is 2.00 bits per heavy atom. The van der Waals surface area contributed by atoms with Crippen LogP contribution < -0.4 is 16.0 Å². The molecular formula is C21H34FN5O. The Morgan fingerprint density at radius 3 is 2.75 bits per heavy atom. The molecule has 0 bridgehead atoms. The normalized spacial score (nSPS) is 18.0. The van der Waals surface area contributed by atoms with Gasteiger partial charge in [0.2, 0.25) is 5.91 Å². The Hall–Kier alpha value is -2.15. The molecule has 1 aliphatic rings. The van der Waals surface area contributed by atoms with Crippen molar-refractivity contribution in [3.8, 4) is 0 Å². The molecule has 0 spiro atoms. The molecule has 0 saturated carbocycles. The summed E-state index contributed by atoms with van der Waals surface area (Å²) in [4.78, 5) is 18.7. The molecule has 3 N–H and O–H groups in total. The lowest BCUT2D eigenvalue weighted by Gasteiger charge is -2.33. The molecule has 1 saturated heterocycles. The summed E-state index contributed by atoms with van der Waals surface area (Å²) >= 11 is 0. The molecule has 1 aromatic carbocycles. The number of benzene rings is 1. The van der Waals surface area contributed by atoms with Gasteiger partial charge in [-0.3, -0.25) is 9.79 Å². The molecule has 1 fully saturated rings. The summed E-state index contributed by atoms with van der Waals surface area (Å²) < 4.78 is 13.1. The van der Waals surface area contributed by atoms with Gasteiger partial charge in [0.1, 0.15) is 5.82 Å². The zero-order chi connectivity index (χ0) is 20.2. The first kappa shape index (κ1) is 22.1. The van der Waals surface area contributed by atoms with Gasteiger partial charge in [-0.05, 0) is 50.4 Å². The molecule has 0 aromatic heterocycles. The maximum atomic E-state index is 13.1. The van der Waals surface area contributed by atoms with Gasteiger partial charge < -0.3 is 20.9 Å². The SMILES string of the molecule is CN=C(NCCCN1CCCCC1C)NCCNC(=O)Cc1cccc(F)c1. The van der Waals surface area contributed by atoms with Crippen molar-refractivity contribution in [3.63, 3.8) is 0 Å². The fraction of sp³-hybridized carbons (Fsp3) is 0.619. The molecule has 1 aromatic rings. The van der Waals surface area contributed by atoms with Gasteiger partial charge in [0.25, 0.3) is 0 Å². The zero-order valence-electron chi connectivity index (χ0n) is 17.1.